The van der Waals surface area contributed by atoms with Gasteiger partial charge in [0, 0.05) is 12.5 Å². The maximum absolute atomic E-state index is 10.0. The molecule has 0 fully saturated rings. The van der Waals surface area contributed by atoms with Crippen molar-refractivity contribution in [3.05, 3.63) is 0 Å². The first-order valence-corrected chi connectivity index (χ1v) is 9.36. The minimum Gasteiger partial charge on any atom is -0.414 e. The van der Waals surface area contributed by atoms with Gasteiger partial charge in [0.1, 0.15) is 0 Å². The van der Waals surface area contributed by atoms with E-state index in [1.165, 1.54) is 0 Å². The minimum absolute atomic E-state index is 0.0136. The molecule has 0 aromatic heterocycles. The van der Waals surface area contributed by atoms with Crippen LogP contribution < -0.4 is 0 Å². The number of hydrogen-bond acceptors (Lipinski definition) is 3. The first-order chi connectivity index (χ1) is 7.53. The molecule has 0 amide bonds. The Morgan fingerprint density at radius 3 is 1.94 bits per heavy atom. The lowest BCUT2D eigenvalue weighted by Crippen LogP contribution is -2.44. The van der Waals surface area contributed by atoms with Crippen LogP contribution in [-0.2, 0) is 4.43 Å². The van der Waals surface area contributed by atoms with Gasteiger partial charge in [0.25, 0.3) is 0 Å². The SMILES string of the molecule is CC(C)[C@H](CO)[C@H](O)CO[Si](C)(C)C(C)(C)C. The van der Waals surface area contributed by atoms with Crippen LogP contribution in [-0.4, -0.2) is 37.8 Å². The molecule has 0 aromatic rings. The highest BCUT2D eigenvalue weighted by Crippen LogP contribution is 2.36. The van der Waals surface area contributed by atoms with Gasteiger partial charge in [0.2, 0.25) is 0 Å². The maximum atomic E-state index is 10.0. The Labute approximate surface area is 107 Å². The van der Waals surface area contributed by atoms with Gasteiger partial charge < -0.3 is 14.6 Å². The lowest BCUT2D eigenvalue weighted by atomic mass is 9.91. The lowest BCUT2D eigenvalue weighted by Gasteiger charge is -2.37. The van der Waals surface area contributed by atoms with Crippen molar-refractivity contribution in [3.8, 4) is 0 Å². The van der Waals surface area contributed by atoms with E-state index < -0.39 is 14.4 Å². The van der Waals surface area contributed by atoms with Crippen LogP contribution in [0.2, 0.25) is 18.1 Å². The first-order valence-electron chi connectivity index (χ1n) is 6.46. The molecule has 0 aromatic carbocycles. The number of aliphatic hydroxyl groups excluding tert-OH is 2. The number of aliphatic hydroxyl groups is 2. The van der Waals surface area contributed by atoms with Gasteiger partial charge in [-0.25, -0.2) is 0 Å². The Morgan fingerprint density at radius 2 is 1.65 bits per heavy atom. The average molecular weight is 262 g/mol. The van der Waals surface area contributed by atoms with Crippen LogP contribution in [0.3, 0.4) is 0 Å². The van der Waals surface area contributed by atoms with E-state index in [-0.39, 0.29) is 23.5 Å². The van der Waals surface area contributed by atoms with Crippen LogP contribution in [0.4, 0.5) is 0 Å². The molecule has 0 heterocycles. The Morgan fingerprint density at radius 1 is 1.18 bits per heavy atom. The molecule has 0 aliphatic heterocycles. The van der Waals surface area contributed by atoms with Crippen LogP contribution in [0, 0.1) is 11.8 Å². The second-order valence-electron chi connectivity index (χ2n) is 6.73. The van der Waals surface area contributed by atoms with Crippen molar-refractivity contribution >= 4 is 8.32 Å². The lowest BCUT2D eigenvalue weighted by molar-refractivity contribution is 0.00690. The van der Waals surface area contributed by atoms with Crippen molar-refractivity contribution in [2.75, 3.05) is 13.2 Å². The van der Waals surface area contributed by atoms with Crippen LogP contribution in [0.5, 0.6) is 0 Å². The zero-order chi connectivity index (χ0) is 13.9. The van der Waals surface area contributed by atoms with Crippen molar-refractivity contribution in [1.29, 1.82) is 0 Å². The molecule has 0 spiro atoms. The van der Waals surface area contributed by atoms with Gasteiger partial charge in [-0.1, -0.05) is 34.6 Å². The van der Waals surface area contributed by atoms with Crippen molar-refractivity contribution in [3.63, 3.8) is 0 Å². The molecule has 0 aliphatic carbocycles. The summed E-state index contributed by atoms with van der Waals surface area (Å²) in [5, 5.41) is 19.4. The molecule has 0 saturated carbocycles. The monoisotopic (exact) mass is 262 g/mol. The molecule has 2 N–H and O–H groups in total. The van der Waals surface area contributed by atoms with Crippen molar-refractivity contribution in [1.82, 2.24) is 0 Å². The molecule has 0 radical (unpaired) electrons. The molecule has 0 bridgehead atoms. The van der Waals surface area contributed by atoms with Crippen LogP contribution in [0.25, 0.3) is 0 Å². The van der Waals surface area contributed by atoms with E-state index in [0.717, 1.165) is 0 Å². The van der Waals surface area contributed by atoms with Gasteiger partial charge in [-0.05, 0) is 24.1 Å². The first kappa shape index (κ1) is 17.1. The molecule has 3 nitrogen and oxygen atoms in total. The highest BCUT2D eigenvalue weighted by atomic mass is 28.4. The summed E-state index contributed by atoms with van der Waals surface area (Å²) in [4.78, 5) is 0. The largest absolute Gasteiger partial charge is 0.414 e. The summed E-state index contributed by atoms with van der Waals surface area (Å²) in [6, 6.07) is 0. The molecule has 17 heavy (non-hydrogen) atoms. The predicted molar refractivity (Wildman–Crippen MR) is 74.6 cm³/mol. The van der Waals surface area contributed by atoms with Gasteiger partial charge in [-0.15, -0.1) is 0 Å². The van der Waals surface area contributed by atoms with E-state index in [2.05, 4.69) is 33.9 Å². The second-order valence-corrected chi connectivity index (χ2v) is 11.5. The number of hydrogen-bond donors (Lipinski definition) is 2. The van der Waals surface area contributed by atoms with Gasteiger partial charge in [-0.3, -0.25) is 0 Å². The Kier molecular flexibility index (Phi) is 6.35. The second kappa shape index (κ2) is 6.32. The number of rotatable bonds is 6. The van der Waals surface area contributed by atoms with E-state index in [0.29, 0.717) is 6.61 Å². The Bertz CT molecular complexity index is 221. The van der Waals surface area contributed by atoms with Crippen LogP contribution in [0.1, 0.15) is 34.6 Å². The minimum atomic E-state index is -1.80. The fourth-order valence-electron chi connectivity index (χ4n) is 1.41. The summed E-state index contributed by atoms with van der Waals surface area (Å²) in [6.07, 6.45) is -0.575. The Hall–Kier alpha value is 0.0969. The van der Waals surface area contributed by atoms with E-state index in [4.69, 9.17) is 4.43 Å². The van der Waals surface area contributed by atoms with Crippen molar-refractivity contribution in [2.45, 2.75) is 58.9 Å². The van der Waals surface area contributed by atoms with E-state index in [1.54, 1.807) is 0 Å². The highest BCUT2D eigenvalue weighted by molar-refractivity contribution is 6.74. The standard InChI is InChI=1S/C13H30O3Si/c1-10(2)11(8-14)12(15)9-16-17(6,7)13(3,4)5/h10-12,14-15H,8-9H2,1-7H3/t11-,12+/m0/s1. The molecule has 2 atom stereocenters. The topological polar surface area (TPSA) is 49.7 Å². The molecular weight excluding hydrogens is 232 g/mol. The summed E-state index contributed by atoms with van der Waals surface area (Å²) in [6.45, 7) is 15.2. The molecule has 0 saturated heterocycles. The normalized spacial score (nSPS) is 17.3. The van der Waals surface area contributed by atoms with Gasteiger partial charge in [-0.2, -0.15) is 0 Å². The average Bonchev–Trinajstić information content (AvgIpc) is 2.13. The van der Waals surface area contributed by atoms with E-state index >= 15 is 0 Å². The van der Waals surface area contributed by atoms with Crippen molar-refractivity contribution < 1.29 is 14.6 Å². The fraction of sp³-hybridized carbons (Fsp3) is 1.00. The third kappa shape index (κ3) is 5.08. The fourth-order valence-corrected chi connectivity index (χ4v) is 2.43. The van der Waals surface area contributed by atoms with Gasteiger partial charge in [0.05, 0.1) is 12.7 Å². The summed E-state index contributed by atoms with van der Waals surface area (Å²) in [5.41, 5.74) is 0. The quantitative estimate of drug-likeness (QED) is 0.724. The van der Waals surface area contributed by atoms with Crippen LogP contribution >= 0.6 is 0 Å². The Balaban J connectivity index is 4.38. The van der Waals surface area contributed by atoms with Crippen LogP contribution in [0.15, 0.2) is 0 Å². The maximum Gasteiger partial charge on any atom is 0.192 e. The molecule has 0 rings (SSSR count). The van der Waals surface area contributed by atoms with Crippen molar-refractivity contribution in [2.24, 2.45) is 11.8 Å². The summed E-state index contributed by atoms with van der Waals surface area (Å²) < 4.78 is 5.97. The smallest absolute Gasteiger partial charge is 0.192 e. The highest BCUT2D eigenvalue weighted by Gasteiger charge is 2.38. The van der Waals surface area contributed by atoms with Gasteiger partial charge >= 0.3 is 0 Å². The predicted octanol–water partition coefficient (Wildman–Crippen LogP) is 2.63. The molecule has 0 unspecified atom stereocenters. The zero-order valence-electron chi connectivity index (χ0n) is 12.4. The summed E-state index contributed by atoms with van der Waals surface area (Å²) in [5.74, 6) is 0.165. The molecular formula is C13H30O3Si. The molecule has 4 heteroatoms. The summed E-state index contributed by atoms with van der Waals surface area (Å²) in [7, 11) is -1.80. The molecule has 0 aliphatic rings. The third-order valence-corrected chi connectivity index (χ3v) is 8.48. The third-order valence-electron chi connectivity index (χ3n) is 3.98. The summed E-state index contributed by atoms with van der Waals surface area (Å²) >= 11 is 0. The van der Waals surface area contributed by atoms with E-state index in [1.807, 2.05) is 13.8 Å². The zero-order valence-corrected chi connectivity index (χ0v) is 13.4. The molecule has 104 valence electrons. The van der Waals surface area contributed by atoms with E-state index in [9.17, 15) is 10.2 Å². The van der Waals surface area contributed by atoms with Gasteiger partial charge in [0.15, 0.2) is 8.32 Å².